The number of carbonyl (C=O) groups excluding carboxylic acids is 1. The lowest BCUT2D eigenvalue weighted by molar-refractivity contribution is 0.0621. The zero-order valence-corrected chi connectivity index (χ0v) is 13.4. The number of hydrogen-bond donors (Lipinski definition) is 1. The van der Waals surface area contributed by atoms with Crippen LogP contribution in [-0.2, 0) is 0 Å². The number of piperazine rings is 1. The zero-order chi connectivity index (χ0) is 15.4. The Hall–Kier alpha value is -1.39. The summed E-state index contributed by atoms with van der Waals surface area (Å²) in [7, 11) is 0. The maximum Gasteiger partial charge on any atom is 0.254 e. The number of nitrogens with zero attached hydrogens (tertiary/aromatic N) is 2. The van der Waals surface area contributed by atoms with Gasteiger partial charge in [-0.05, 0) is 37.9 Å². The molecule has 21 heavy (non-hydrogen) atoms. The molecule has 4 nitrogen and oxygen atoms in total. The second-order valence-corrected chi connectivity index (χ2v) is 6.25. The van der Waals surface area contributed by atoms with Crippen molar-refractivity contribution >= 4 is 5.91 Å². The van der Waals surface area contributed by atoms with Crippen LogP contribution >= 0.6 is 0 Å². The van der Waals surface area contributed by atoms with Crippen LogP contribution in [0.1, 0.15) is 28.4 Å². The number of hydrogen-bond acceptors (Lipinski definition) is 3. The minimum Gasteiger partial charge on any atom is -0.336 e. The molecule has 0 radical (unpaired) electrons. The molecule has 1 aromatic carbocycles. The molecular formula is C17H27N3O. The molecule has 0 aromatic heterocycles. The third-order valence-electron chi connectivity index (χ3n) is 4.24. The fraction of sp³-hybridized carbons (Fsp3) is 0.588. The minimum atomic E-state index is 0.166. The van der Waals surface area contributed by atoms with E-state index in [2.05, 4.69) is 24.8 Å². The van der Waals surface area contributed by atoms with Crippen molar-refractivity contribution in [3.63, 3.8) is 0 Å². The van der Waals surface area contributed by atoms with Crippen LogP contribution in [0.4, 0.5) is 0 Å². The third kappa shape index (κ3) is 4.05. The van der Waals surface area contributed by atoms with Crippen LogP contribution in [0.5, 0.6) is 0 Å². The number of aryl methyl sites for hydroxylation is 2. The summed E-state index contributed by atoms with van der Waals surface area (Å²) in [6.07, 6.45) is 0. The summed E-state index contributed by atoms with van der Waals surface area (Å²) >= 11 is 0. The van der Waals surface area contributed by atoms with E-state index in [0.717, 1.165) is 50.4 Å². The van der Waals surface area contributed by atoms with Gasteiger partial charge in [0.2, 0.25) is 0 Å². The lowest BCUT2D eigenvalue weighted by Crippen LogP contribution is -2.50. The van der Waals surface area contributed by atoms with E-state index in [0.29, 0.717) is 5.92 Å². The molecule has 0 saturated carbocycles. The molecule has 1 atom stereocenters. The van der Waals surface area contributed by atoms with E-state index in [-0.39, 0.29) is 5.91 Å². The molecule has 1 amide bonds. The van der Waals surface area contributed by atoms with Crippen molar-refractivity contribution < 1.29 is 4.79 Å². The van der Waals surface area contributed by atoms with E-state index >= 15 is 0 Å². The Morgan fingerprint density at radius 1 is 1.24 bits per heavy atom. The highest BCUT2D eigenvalue weighted by atomic mass is 16.2. The lowest BCUT2D eigenvalue weighted by atomic mass is 10.0. The van der Waals surface area contributed by atoms with Crippen LogP contribution in [-0.4, -0.2) is 55.0 Å². The fourth-order valence-electron chi connectivity index (χ4n) is 2.87. The Bertz CT molecular complexity index is 493. The third-order valence-corrected chi connectivity index (χ3v) is 4.24. The van der Waals surface area contributed by atoms with Crippen LogP contribution in [0, 0.1) is 19.8 Å². The first kappa shape index (κ1) is 16.0. The van der Waals surface area contributed by atoms with Crippen LogP contribution in [0.2, 0.25) is 0 Å². The van der Waals surface area contributed by atoms with E-state index < -0.39 is 0 Å². The van der Waals surface area contributed by atoms with E-state index in [1.54, 1.807) is 0 Å². The summed E-state index contributed by atoms with van der Waals surface area (Å²) in [5, 5.41) is 0. The highest BCUT2D eigenvalue weighted by Gasteiger charge is 2.23. The predicted octanol–water partition coefficient (Wildman–Crippen LogP) is 1.66. The molecule has 0 spiro atoms. The molecule has 1 aliphatic heterocycles. The summed E-state index contributed by atoms with van der Waals surface area (Å²) in [6.45, 7) is 11.5. The molecule has 116 valence electrons. The molecule has 0 aliphatic carbocycles. The average Bonchev–Trinajstić information content (AvgIpc) is 2.47. The van der Waals surface area contributed by atoms with Gasteiger partial charge in [-0.3, -0.25) is 9.69 Å². The quantitative estimate of drug-likeness (QED) is 0.917. The van der Waals surface area contributed by atoms with Gasteiger partial charge in [0, 0.05) is 38.3 Å². The van der Waals surface area contributed by atoms with Crippen LogP contribution < -0.4 is 5.73 Å². The second-order valence-electron chi connectivity index (χ2n) is 6.25. The Morgan fingerprint density at radius 2 is 1.90 bits per heavy atom. The van der Waals surface area contributed by atoms with Gasteiger partial charge < -0.3 is 10.6 Å². The van der Waals surface area contributed by atoms with E-state index in [9.17, 15) is 4.79 Å². The van der Waals surface area contributed by atoms with Gasteiger partial charge in [0.25, 0.3) is 5.91 Å². The smallest absolute Gasteiger partial charge is 0.254 e. The molecule has 1 heterocycles. The standard InChI is InChI=1S/C17H27N3O/c1-13-4-5-16(15(3)10-13)17(21)20-8-6-19(7-9-20)12-14(2)11-18/h4-5,10,14H,6-9,11-12,18H2,1-3H3. The van der Waals surface area contributed by atoms with Crippen molar-refractivity contribution in [3.8, 4) is 0 Å². The van der Waals surface area contributed by atoms with E-state index in [1.807, 2.05) is 24.0 Å². The fourth-order valence-corrected chi connectivity index (χ4v) is 2.87. The Balaban J connectivity index is 1.94. The van der Waals surface area contributed by atoms with Gasteiger partial charge in [0.05, 0.1) is 0 Å². The van der Waals surface area contributed by atoms with Crippen molar-refractivity contribution in [2.24, 2.45) is 11.7 Å². The lowest BCUT2D eigenvalue weighted by Gasteiger charge is -2.36. The molecular weight excluding hydrogens is 262 g/mol. The normalized spacial score (nSPS) is 17.8. The van der Waals surface area contributed by atoms with E-state index in [1.165, 1.54) is 5.56 Å². The van der Waals surface area contributed by atoms with Gasteiger partial charge in [-0.1, -0.05) is 24.6 Å². The summed E-state index contributed by atoms with van der Waals surface area (Å²) in [4.78, 5) is 17.0. The first-order valence-corrected chi connectivity index (χ1v) is 7.80. The average molecular weight is 289 g/mol. The molecule has 4 heteroatoms. The summed E-state index contributed by atoms with van der Waals surface area (Å²) in [5.41, 5.74) is 8.78. The van der Waals surface area contributed by atoms with Gasteiger partial charge in [0.1, 0.15) is 0 Å². The monoisotopic (exact) mass is 289 g/mol. The molecule has 2 rings (SSSR count). The maximum atomic E-state index is 12.6. The van der Waals surface area contributed by atoms with Gasteiger partial charge in [0.15, 0.2) is 0 Å². The first-order valence-electron chi connectivity index (χ1n) is 7.80. The topological polar surface area (TPSA) is 49.6 Å². The Labute approximate surface area is 127 Å². The zero-order valence-electron chi connectivity index (χ0n) is 13.4. The SMILES string of the molecule is Cc1ccc(C(=O)N2CCN(CC(C)CN)CC2)c(C)c1. The van der Waals surface area contributed by atoms with Crippen LogP contribution in [0.15, 0.2) is 18.2 Å². The number of amides is 1. The van der Waals surface area contributed by atoms with Gasteiger partial charge in [-0.2, -0.15) is 0 Å². The van der Waals surface area contributed by atoms with Gasteiger partial charge in [-0.15, -0.1) is 0 Å². The largest absolute Gasteiger partial charge is 0.336 e. The highest BCUT2D eigenvalue weighted by Crippen LogP contribution is 2.15. The predicted molar refractivity (Wildman–Crippen MR) is 86.5 cm³/mol. The number of rotatable bonds is 4. The summed E-state index contributed by atoms with van der Waals surface area (Å²) < 4.78 is 0. The van der Waals surface area contributed by atoms with Gasteiger partial charge in [-0.25, -0.2) is 0 Å². The van der Waals surface area contributed by atoms with Crippen molar-refractivity contribution in [1.29, 1.82) is 0 Å². The van der Waals surface area contributed by atoms with Gasteiger partial charge >= 0.3 is 0 Å². The molecule has 1 aliphatic rings. The molecule has 2 N–H and O–H groups in total. The molecule has 1 fully saturated rings. The molecule has 1 unspecified atom stereocenters. The number of nitrogens with two attached hydrogens (primary N) is 1. The Kier molecular flexibility index (Phi) is 5.37. The number of carbonyl (C=O) groups is 1. The first-order chi connectivity index (χ1) is 10.0. The summed E-state index contributed by atoms with van der Waals surface area (Å²) in [6, 6.07) is 6.04. The van der Waals surface area contributed by atoms with Crippen LogP contribution in [0.3, 0.4) is 0 Å². The second kappa shape index (κ2) is 7.05. The number of benzene rings is 1. The molecule has 1 aromatic rings. The molecule has 0 bridgehead atoms. The van der Waals surface area contributed by atoms with Crippen LogP contribution in [0.25, 0.3) is 0 Å². The van der Waals surface area contributed by atoms with Crippen molar-refractivity contribution in [2.45, 2.75) is 20.8 Å². The van der Waals surface area contributed by atoms with E-state index in [4.69, 9.17) is 5.73 Å². The summed E-state index contributed by atoms with van der Waals surface area (Å²) in [5.74, 6) is 0.686. The van der Waals surface area contributed by atoms with Crippen molar-refractivity contribution in [3.05, 3.63) is 34.9 Å². The minimum absolute atomic E-state index is 0.166. The maximum absolute atomic E-state index is 12.6. The Morgan fingerprint density at radius 3 is 2.48 bits per heavy atom. The van der Waals surface area contributed by atoms with Crippen molar-refractivity contribution in [2.75, 3.05) is 39.3 Å². The highest BCUT2D eigenvalue weighted by molar-refractivity contribution is 5.95. The van der Waals surface area contributed by atoms with Crippen molar-refractivity contribution in [1.82, 2.24) is 9.80 Å². The molecule has 1 saturated heterocycles.